The molecule has 2 rings (SSSR count). The molecule has 164 valence electrons. The van der Waals surface area contributed by atoms with Gasteiger partial charge in [-0.2, -0.15) is 0 Å². The molecule has 0 radical (unpaired) electrons. The zero-order valence-corrected chi connectivity index (χ0v) is 18.5. The minimum absolute atomic E-state index is 0.00925. The van der Waals surface area contributed by atoms with Crippen molar-refractivity contribution in [3.63, 3.8) is 0 Å². The van der Waals surface area contributed by atoms with Crippen LogP contribution in [0.3, 0.4) is 0 Å². The Morgan fingerprint density at radius 1 is 1.03 bits per heavy atom. The first kappa shape index (κ1) is 23.5. The van der Waals surface area contributed by atoms with Crippen LogP contribution in [-0.2, 0) is 14.8 Å². The van der Waals surface area contributed by atoms with Gasteiger partial charge in [0, 0.05) is 26.2 Å². The van der Waals surface area contributed by atoms with Crippen LogP contribution in [0, 0.1) is 0 Å². The number of carbonyl (C=O) groups is 1. The number of hydrogen-bond donors (Lipinski definition) is 1. The van der Waals surface area contributed by atoms with Gasteiger partial charge < -0.3 is 19.5 Å². The maximum absolute atomic E-state index is 12.6. The van der Waals surface area contributed by atoms with Gasteiger partial charge in [0.05, 0.1) is 20.3 Å². The summed E-state index contributed by atoms with van der Waals surface area (Å²) in [6.45, 7) is 2.48. The molecule has 0 bridgehead atoms. The van der Waals surface area contributed by atoms with Gasteiger partial charge in [0.15, 0.2) is 0 Å². The Morgan fingerprint density at radius 3 is 2.30 bits per heavy atom. The van der Waals surface area contributed by atoms with E-state index in [-0.39, 0.29) is 23.0 Å². The highest BCUT2D eigenvalue weighted by Crippen LogP contribution is 2.29. The molecule has 0 aliphatic rings. The Hall–Kier alpha value is -2.78. The Balaban J connectivity index is 1.94. The lowest BCUT2D eigenvalue weighted by Crippen LogP contribution is -2.23. The largest absolute Gasteiger partial charge is 0.497 e. The summed E-state index contributed by atoms with van der Waals surface area (Å²) in [4.78, 5) is 12.2. The average Bonchev–Trinajstić information content (AvgIpc) is 2.72. The van der Waals surface area contributed by atoms with Crippen LogP contribution in [0.4, 0.5) is 5.69 Å². The van der Waals surface area contributed by atoms with E-state index in [1.165, 1.54) is 20.2 Å². The average molecular weight is 437 g/mol. The highest BCUT2D eigenvalue weighted by Gasteiger charge is 2.23. The van der Waals surface area contributed by atoms with Gasteiger partial charge in [-0.25, -0.2) is 12.7 Å². The molecule has 0 atom stereocenters. The summed E-state index contributed by atoms with van der Waals surface area (Å²) in [5.74, 6) is 1.46. The second-order valence-corrected chi connectivity index (χ2v) is 8.68. The lowest BCUT2D eigenvalue weighted by Gasteiger charge is -2.16. The number of benzene rings is 2. The van der Waals surface area contributed by atoms with E-state index in [1.807, 2.05) is 0 Å². The second-order valence-electron chi connectivity index (χ2n) is 6.56. The van der Waals surface area contributed by atoms with Crippen LogP contribution in [0.15, 0.2) is 47.4 Å². The summed E-state index contributed by atoms with van der Waals surface area (Å²) in [6, 6.07) is 11.8. The number of nitrogens with one attached hydrogen (secondary N) is 1. The van der Waals surface area contributed by atoms with Crippen LogP contribution < -0.4 is 19.5 Å². The highest BCUT2D eigenvalue weighted by atomic mass is 32.2. The van der Waals surface area contributed by atoms with E-state index in [0.29, 0.717) is 31.1 Å². The van der Waals surface area contributed by atoms with Crippen molar-refractivity contribution >= 4 is 21.6 Å². The molecule has 0 aliphatic heterocycles. The predicted molar refractivity (Wildman–Crippen MR) is 115 cm³/mol. The topological polar surface area (TPSA) is 94.2 Å². The molecular weight excluding hydrogens is 408 g/mol. The third kappa shape index (κ3) is 6.36. The van der Waals surface area contributed by atoms with Crippen molar-refractivity contribution in [1.29, 1.82) is 0 Å². The number of methoxy groups -OCH3 is 1. The van der Waals surface area contributed by atoms with Crippen molar-refractivity contribution in [1.82, 2.24) is 4.31 Å². The van der Waals surface area contributed by atoms with Crippen molar-refractivity contribution < 1.29 is 27.4 Å². The van der Waals surface area contributed by atoms with Crippen LogP contribution in [0.25, 0.3) is 0 Å². The van der Waals surface area contributed by atoms with E-state index in [1.54, 1.807) is 50.4 Å². The van der Waals surface area contributed by atoms with E-state index in [0.717, 1.165) is 10.1 Å². The van der Waals surface area contributed by atoms with Crippen molar-refractivity contribution in [2.45, 2.75) is 24.7 Å². The number of amides is 1. The molecule has 0 saturated carbocycles. The SMILES string of the molecule is CCOc1ccc(NC(=O)CCCOc2ccc(OC)cc2)cc1S(=O)(=O)N(C)C. The standard InChI is InChI=1S/C21H28N2O6S/c1-5-28-19-13-8-16(15-20(19)30(25,26)23(2)3)22-21(24)7-6-14-29-18-11-9-17(27-4)10-12-18/h8-13,15H,5-7,14H2,1-4H3,(H,22,24). The first-order chi connectivity index (χ1) is 14.3. The third-order valence-electron chi connectivity index (χ3n) is 4.16. The summed E-state index contributed by atoms with van der Waals surface area (Å²) < 4.78 is 42.3. The van der Waals surface area contributed by atoms with Crippen molar-refractivity contribution in [3.05, 3.63) is 42.5 Å². The minimum atomic E-state index is -3.72. The number of nitrogens with zero attached hydrogens (tertiary/aromatic N) is 1. The van der Waals surface area contributed by atoms with E-state index in [4.69, 9.17) is 14.2 Å². The Kier molecular flexibility index (Phi) is 8.49. The fourth-order valence-corrected chi connectivity index (χ4v) is 3.63. The molecule has 9 heteroatoms. The molecule has 30 heavy (non-hydrogen) atoms. The monoisotopic (exact) mass is 436 g/mol. The van der Waals surface area contributed by atoms with Gasteiger partial charge in [-0.3, -0.25) is 4.79 Å². The van der Waals surface area contributed by atoms with E-state index in [9.17, 15) is 13.2 Å². The zero-order chi connectivity index (χ0) is 22.1. The quantitative estimate of drug-likeness (QED) is 0.544. The second kappa shape index (κ2) is 10.8. The van der Waals surface area contributed by atoms with Crippen LogP contribution in [0.1, 0.15) is 19.8 Å². The van der Waals surface area contributed by atoms with E-state index < -0.39 is 10.0 Å². The normalized spacial score (nSPS) is 11.2. The number of ether oxygens (including phenoxy) is 3. The van der Waals surface area contributed by atoms with Crippen molar-refractivity contribution in [2.24, 2.45) is 0 Å². The summed E-state index contributed by atoms with van der Waals surface area (Å²) in [6.07, 6.45) is 0.747. The molecule has 1 N–H and O–H groups in total. The zero-order valence-electron chi connectivity index (χ0n) is 17.7. The van der Waals surface area contributed by atoms with E-state index in [2.05, 4.69) is 5.32 Å². The summed E-state index contributed by atoms with van der Waals surface area (Å²) in [5, 5.41) is 2.73. The molecule has 0 fully saturated rings. The number of rotatable bonds is 11. The number of anilines is 1. The first-order valence-corrected chi connectivity index (χ1v) is 11.0. The number of hydrogen-bond acceptors (Lipinski definition) is 6. The van der Waals surface area contributed by atoms with Gasteiger partial charge >= 0.3 is 0 Å². The van der Waals surface area contributed by atoms with Crippen molar-refractivity contribution in [3.8, 4) is 17.2 Å². The predicted octanol–water partition coefficient (Wildman–Crippen LogP) is 3.14. The van der Waals surface area contributed by atoms with Gasteiger partial charge in [0.1, 0.15) is 22.1 Å². The van der Waals surface area contributed by atoms with Gasteiger partial charge in [-0.15, -0.1) is 0 Å². The maximum Gasteiger partial charge on any atom is 0.246 e. The molecule has 2 aromatic carbocycles. The van der Waals surface area contributed by atoms with Gasteiger partial charge in [0.2, 0.25) is 15.9 Å². The molecular formula is C21H28N2O6S. The minimum Gasteiger partial charge on any atom is -0.497 e. The summed E-state index contributed by atoms with van der Waals surface area (Å²) in [7, 11) is 0.766. The lowest BCUT2D eigenvalue weighted by molar-refractivity contribution is -0.116. The molecule has 0 aromatic heterocycles. The third-order valence-corrected chi connectivity index (χ3v) is 6.00. The van der Waals surface area contributed by atoms with Crippen LogP contribution in [0.5, 0.6) is 17.2 Å². The van der Waals surface area contributed by atoms with Gasteiger partial charge in [-0.1, -0.05) is 0 Å². The molecule has 0 saturated heterocycles. The Labute approximate surface area is 177 Å². The molecule has 2 aromatic rings. The molecule has 8 nitrogen and oxygen atoms in total. The smallest absolute Gasteiger partial charge is 0.246 e. The summed E-state index contributed by atoms with van der Waals surface area (Å²) in [5.41, 5.74) is 0.389. The van der Waals surface area contributed by atoms with Crippen molar-refractivity contribution in [2.75, 3.05) is 39.7 Å². The fourth-order valence-electron chi connectivity index (χ4n) is 2.58. The first-order valence-electron chi connectivity index (χ1n) is 9.54. The maximum atomic E-state index is 12.6. The molecule has 0 aliphatic carbocycles. The molecule has 1 amide bonds. The number of carbonyl (C=O) groups excluding carboxylic acids is 1. The Morgan fingerprint density at radius 2 is 1.70 bits per heavy atom. The van der Waals surface area contributed by atoms with E-state index >= 15 is 0 Å². The van der Waals surface area contributed by atoms with Gasteiger partial charge in [-0.05, 0) is 55.8 Å². The molecule has 0 spiro atoms. The number of sulfonamides is 1. The molecule has 0 heterocycles. The van der Waals surface area contributed by atoms with Crippen LogP contribution in [-0.4, -0.2) is 53.0 Å². The molecule has 0 unspecified atom stereocenters. The fraction of sp³-hybridized carbons (Fsp3) is 0.381. The Bertz CT molecular complexity index is 942. The van der Waals surface area contributed by atoms with Gasteiger partial charge in [0.25, 0.3) is 0 Å². The summed E-state index contributed by atoms with van der Waals surface area (Å²) >= 11 is 0. The van der Waals surface area contributed by atoms with Crippen LogP contribution in [0.2, 0.25) is 0 Å². The lowest BCUT2D eigenvalue weighted by atomic mass is 10.2. The highest BCUT2D eigenvalue weighted by molar-refractivity contribution is 7.89. The van der Waals surface area contributed by atoms with Crippen LogP contribution >= 0.6 is 0 Å².